The number of likely N-dealkylation sites (tertiary alicyclic amines) is 1. The molecule has 4 rings (SSSR count). The second kappa shape index (κ2) is 7.80. The molecule has 1 aliphatic heterocycles. The summed E-state index contributed by atoms with van der Waals surface area (Å²) in [5.74, 6) is 0.567. The summed E-state index contributed by atoms with van der Waals surface area (Å²) in [6, 6.07) is 0.625. The van der Waals surface area contributed by atoms with Crippen LogP contribution in [0.4, 0.5) is 0 Å². The molecule has 1 aliphatic carbocycles. The Balaban J connectivity index is 1.30. The molecule has 27 heavy (non-hydrogen) atoms. The molecule has 0 atom stereocenters. The molecule has 2 aliphatic rings. The molecule has 1 amide bonds. The molecule has 8 heteroatoms. The third kappa shape index (κ3) is 4.21. The minimum absolute atomic E-state index is 0.00199. The van der Waals surface area contributed by atoms with Crippen LogP contribution in [0.3, 0.4) is 0 Å². The highest BCUT2D eigenvalue weighted by Crippen LogP contribution is 2.27. The molecule has 146 valence electrons. The topological polar surface area (TPSA) is 94.9 Å². The van der Waals surface area contributed by atoms with Crippen LogP contribution in [0.25, 0.3) is 0 Å². The summed E-state index contributed by atoms with van der Waals surface area (Å²) in [5.41, 5.74) is 7.63. The zero-order valence-corrected chi connectivity index (χ0v) is 16.0. The van der Waals surface area contributed by atoms with E-state index in [1.54, 1.807) is 0 Å². The van der Waals surface area contributed by atoms with E-state index in [9.17, 15) is 4.79 Å². The van der Waals surface area contributed by atoms with E-state index in [-0.39, 0.29) is 5.91 Å². The number of nitrogens with two attached hydrogens (primary N) is 1. The summed E-state index contributed by atoms with van der Waals surface area (Å²) >= 11 is 0. The fourth-order valence-electron chi connectivity index (χ4n) is 4.23. The summed E-state index contributed by atoms with van der Waals surface area (Å²) < 4.78 is 3.88. The Morgan fingerprint density at radius 1 is 1.15 bits per heavy atom. The number of hydrogen-bond acceptors (Lipinski definition) is 5. The number of amides is 1. The minimum Gasteiger partial charge on any atom is -0.337 e. The fourth-order valence-corrected chi connectivity index (χ4v) is 4.23. The molecule has 8 nitrogen and oxygen atoms in total. The SMILES string of the molecule is Cc1cnn(CC2CCN(C(=O)c3cn(C4CCC(N)CC4)nn3)CC2)c1. The lowest BCUT2D eigenvalue weighted by Gasteiger charge is -2.31. The number of hydrogen-bond donors (Lipinski definition) is 1. The van der Waals surface area contributed by atoms with Gasteiger partial charge in [-0.15, -0.1) is 5.10 Å². The van der Waals surface area contributed by atoms with Gasteiger partial charge < -0.3 is 10.6 Å². The standard InChI is InChI=1S/C19H29N7O/c1-14-10-21-25(11-14)12-15-6-8-24(9-7-15)19(27)18-13-26(23-22-18)17-4-2-16(20)3-5-17/h10-11,13,15-17H,2-9,12,20H2,1H3. The average molecular weight is 371 g/mol. The van der Waals surface area contributed by atoms with Crippen molar-refractivity contribution in [2.75, 3.05) is 13.1 Å². The molecular weight excluding hydrogens is 342 g/mol. The van der Waals surface area contributed by atoms with Crippen LogP contribution >= 0.6 is 0 Å². The van der Waals surface area contributed by atoms with Crippen molar-refractivity contribution in [2.24, 2.45) is 11.7 Å². The summed E-state index contributed by atoms with van der Waals surface area (Å²) in [7, 11) is 0. The fraction of sp³-hybridized carbons (Fsp3) is 0.684. The van der Waals surface area contributed by atoms with Crippen LogP contribution in [0.15, 0.2) is 18.6 Å². The Morgan fingerprint density at radius 2 is 1.89 bits per heavy atom. The first-order valence-electron chi connectivity index (χ1n) is 10.0. The van der Waals surface area contributed by atoms with Gasteiger partial charge >= 0.3 is 0 Å². The van der Waals surface area contributed by atoms with Gasteiger partial charge in [0, 0.05) is 31.9 Å². The smallest absolute Gasteiger partial charge is 0.276 e. The predicted molar refractivity (Wildman–Crippen MR) is 101 cm³/mol. The number of aryl methyl sites for hydroxylation is 1. The van der Waals surface area contributed by atoms with Gasteiger partial charge in [0.2, 0.25) is 0 Å². The number of aromatic nitrogens is 5. The van der Waals surface area contributed by atoms with Gasteiger partial charge in [0.05, 0.1) is 18.4 Å². The Morgan fingerprint density at radius 3 is 2.56 bits per heavy atom. The first-order chi connectivity index (χ1) is 13.1. The van der Waals surface area contributed by atoms with Crippen LogP contribution in [-0.4, -0.2) is 54.7 Å². The van der Waals surface area contributed by atoms with Gasteiger partial charge in [0.1, 0.15) is 0 Å². The van der Waals surface area contributed by atoms with Gasteiger partial charge in [0.15, 0.2) is 5.69 Å². The van der Waals surface area contributed by atoms with E-state index in [1.165, 1.54) is 5.56 Å². The van der Waals surface area contributed by atoms with Crippen LogP contribution in [0.5, 0.6) is 0 Å². The molecule has 0 bridgehead atoms. The second-order valence-corrected chi connectivity index (χ2v) is 8.13. The lowest BCUT2D eigenvalue weighted by molar-refractivity contribution is 0.0675. The molecule has 0 aromatic carbocycles. The maximum atomic E-state index is 12.8. The van der Waals surface area contributed by atoms with Crippen molar-refractivity contribution in [1.29, 1.82) is 0 Å². The largest absolute Gasteiger partial charge is 0.337 e. The van der Waals surface area contributed by atoms with Crippen molar-refractivity contribution in [1.82, 2.24) is 29.7 Å². The molecule has 1 saturated heterocycles. The van der Waals surface area contributed by atoms with Gasteiger partial charge in [-0.05, 0) is 56.9 Å². The summed E-state index contributed by atoms with van der Waals surface area (Å²) in [5, 5.41) is 12.7. The van der Waals surface area contributed by atoms with Crippen LogP contribution < -0.4 is 5.73 Å². The number of piperidine rings is 1. The normalized spacial score (nSPS) is 24.3. The Bertz CT molecular complexity index is 767. The van der Waals surface area contributed by atoms with Crippen LogP contribution in [0.1, 0.15) is 60.6 Å². The van der Waals surface area contributed by atoms with Gasteiger partial charge in [-0.3, -0.25) is 9.48 Å². The third-order valence-corrected chi connectivity index (χ3v) is 5.95. The molecule has 3 heterocycles. The Kier molecular flexibility index (Phi) is 5.24. The van der Waals surface area contributed by atoms with E-state index in [2.05, 4.69) is 28.5 Å². The molecule has 2 N–H and O–H groups in total. The summed E-state index contributed by atoms with van der Waals surface area (Å²) in [6.07, 6.45) is 11.8. The highest BCUT2D eigenvalue weighted by atomic mass is 16.2. The first-order valence-corrected chi connectivity index (χ1v) is 10.0. The highest BCUT2D eigenvalue weighted by molar-refractivity contribution is 5.92. The van der Waals surface area contributed by atoms with Crippen molar-refractivity contribution < 1.29 is 4.79 Å². The lowest BCUT2D eigenvalue weighted by atomic mass is 9.92. The maximum absolute atomic E-state index is 12.8. The van der Waals surface area contributed by atoms with Crippen molar-refractivity contribution in [3.63, 3.8) is 0 Å². The Hall–Kier alpha value is -2.22. The van der Waals surface area contributed by atoms with Gasteiger partial charge in [0.25, 0.3) is 5.91 Å². The minimum atomic E-state index is 0.00199. The van der Waals surface area contributed by atoms with E-state index in [0.717, 1.165) is 58.2 Å². The van der Waals surface area contributed by atoms with E-state index in [0.29, 0.717) is 23.7 Å². The highest BCUT2D eigenvalue weighted by Gasteiger charge is 2.27. The van der Waals surface area contributed by atoms with Crippen LogP contribution in [0.2, 0.25) is 0 Å². The number of carbonyl (C=O) groups is 1. The van der Waals surface area contributed by atoms with Crippen molar-refractivity contribution in [3.05, 3.63) is 29.8 Å². The number of carbonyl (C=O) groups excluding carboxylic acids is 1. The van der Waals surface area contributed by atoms with Crippen molar-refractivity contribution in [3.8, 4) is 0 Å². The third-order valence-electron chi connectivity index (χ3n) is 5.95. The molecule has 2 aromatic heterocycles. The van der Waals surface area contributed by atoms with Crippen LogP contribution in [0, 0.1) is 12.8 Å². The van der Waals surface area contributed by atoms with Gasteiger partial charge in [-0.2, -0.15) is 5.10 Å². The average Bonchev–Trinajstić information content (AvgIpc) is 3.32. The summed E-state index contributed by atoms with van der Waals surface area (Å²) in [6.45, 7) is 4.53. The molecule has 0 spiro atoms. The molecule has 1 saturated carbocycles. The second-order valence-electron chi connectivity index (χ2n) is 8.13. The molecule has 2 aromatic rings. The molecule has 0 radical (unpaired) electrons. The number of nitrogens with zero attached hydrogens (tertiary/aromatic N) is 6. The first kappa shape index (κ1) is 18.2. The maximum Gasteiger partial charge on any atom is 0.276 e. The van der Waals surface area contributed by atoms with Gasteiger partial charge in [-0.1, -0.05) is 5.21 Å². The molecular formula is C19H29N7O. The molecule has 0 unspecified atom stereocenters. The van der Waals surface area contributed by atoms with Gasteiger partial charge in [-0.25, -0.2) is 4.68 Å². The van der Waals surface area contributed by atoms with E-state index < -0.39 is 0 Å². The summed E-state index contributed by atoms with van der Waals surface area (Å²) in [4.78, 5) is 14.7. The van der Waals surface area contributed by atoms with Crippen molar-refractivity contribution in [2.45, 2.75) is 64.1 Å². The van der Waals surface area contributed by atoms with E-state index in [4.69, 9.17) is 5.73 Å². The quantitative estimate of drug-likeness (QED) is 0.884. The predicted octanol–water partition coefficient (Wildman–Crippen LogP) is 1.78. The van der Waals surface area contributed by atoms with E-state index in [1.807, 2.05) is 26.7 Å². The lowest BCUT2D eigenvalue weighted by Crippen LogP contribution is -2.39. The van der Waals surface area contributed by atoms with E-state index >= 15 is 0 Å². The van der Waals surface area contributed by atoms with Crippen molar-refractivity contribution >= 4 is 5.91 Å². The monoisotopic (exact) mass is 371 g/mol. The van der Waals surface area contributed by atoms with Crippen LogP contribution in [-0.2, 0) is 6.54 Å². The Labute approximate surface area is 159 Å². The number of rotatable bonds is 4. The zero-order chi connectivity index (χ0) is 18.8. The molecule has 2 fully saturated rings. The zero-order valence-electron chi connectivity index (χ0n) is 16.0.